The van der Waals surface area contributed by atoms with Gasteiger partial charge in [0, 0.05) is 18.5 Å². The van der Waals surface area contributed by atoms with Crippen molar-refractivity contribution in [2.45, 2.75) is 6.92 Å². The fourth-order valence-electron chi connectivity index (χ4n) is 2.14. The third kappa shape index (κ3) is 3.28. The van der Waals surface area contributed by atoms with Gasteiger partial charge in [0.1, 0.15) is 11.6 Å². The van der Waals surface area contributed by atoms with Crippen molar-refractivity contribution in [2.75, 3.05) is 11.9 Å². The molecule has 7 heteroatoms. The molecule has 0 spiro atoms. The monoisotopic (exact) mass is 317 g/mol. The third-order valence-electron chi connectivity index (χ3n) is 3.13. The average molecular weight is 317 g/mol. The first kappa shape index (κ1) is 15.0. The van der Waals surface area contributed by atoms with Crippen LogP contribution in [0.15, 0.2) is 42.7 Å². The van der Waals surface area contributed by atoms with Crippen LogP contribution >= 0.6 is 0 Å². The number of nitrogens with one attached hydrogen (secondary N) is 1. The van der Waals surface area contributed by atoms with Gasteiger partial charge in [0.05, 0.1) is 11.4 Å². The number of carbonyl (C=O) groups excluding carboxylic acids is 1. The van der Waals surface area contributed by atoms with Crippen molar-refractivity contribution in [3.05, 3.63) is 60.1 Å². The van der Waals surface area contributed by atoms with Crippen molar-refractivity contribution in [3.8, 4) is 5.75 Å². The second-order valence-corrected chi connectivity index (χ2v) is 4.95. The van der Waals surface area contributed by atoms with Gasteiger partial charge in [0.25, 0.3) is 5.91 Å². The number of imidazole rings is 1. The van der Waals surface area contributed by atoms with Crippen molar-refractivity contribution in [3.63, 3.8) is 0 Å². The van der Waals surface area contributed by atoms with Gasteiger partial charge in [0.2, 0.25) is 0 Å². The van der Waals surface area contributed by atoms with Gasteiger partial charge in [-0.1, -0.05) is 0 Å². The molecule has 3 rings (SSSR count). The molecule has 0 aliphatic carbocycles. The predicted octanol–water partition coefficient (Wildman–Crippen LogP) is 2.94. The molecule has 5 nitrogen and oxygen atoms in total. The first-order valence-corrected chi connectivity index (χ1v) is 6.85. The minimum Gasteiger partial charge on any atom is -0.480 e. The first-order chi connectivity index (χ1) is 11.0. The quantitative estimate of drug-likeness (QED) is 0.805. The number of carbonyl (C=O) groups is 1. The summed E-state index contributed by atoms with van der Waals surface area (Å²) < 4.78 is 33.5. The molecule has 0 bridgehead atoms. The van der Waals surface area contributed by atoms with E-state index in [9.17, 15) is 13.6 Å². The van der Waals surface area contributed by atoms with Crippen LogP contribution in [-0.2, 0) is 4.79 Å². The summed E-state index contributed by atoms with van der Waals surface area (Å²) in [5.41, 5.74) is 1.31. The van der Waals surface area contributed by atoms with Crippen molar-refractivity contribution in [1.82, 2.24) is 9.38 Å². The van der Waals surface area contributed by atoms with E-state index < -0.39 is 17.5 Å². The van der Waals surface area contributed by atoms with Crippen molar-refractivity contribution in [1.29, 1.82) is 0 Å². The molecule has 0 radical (unpaired) electrons. The molecule has 0 aliphatic rings. The van der Waals surface area contributed by atoms with E-state index in [1.54, 1.807) is 16.5 Å². The number of anilines is 1. The van der Waals surface area contributed by atoms with Gasteiger partial charge in [0.15, 0.2) is 18.0 Å². The van der Waals surface area contributed by atoms with Gasteiger partial charge in [-0.3, -0.25) is 4.79 Å². The van der Waals surface area contributed by atoms with Crippen LogP contribution in [-0.4, -0.2) is 21.9 Å². The highest BCUT2D eigenvalue weighted by Crippen LogP contribution is 2.19. The van der Waals surface area contributed by atoms with E-state index >= 15 is 0 Å². The Morgan fingerprint density at radius 3 is 2.96 bits per heavy atom. The number of aromatic nitrogens is 2. The van der Waals surface area contributed by atoms with E-state index in [2.05, 4.69) is 10.3 Å². The molecule has 2 heterocycles. The topological polar surface area (TPSA) is 55.6 Å². The number of nitrogens with zero attached hydrogens (tertiary/aromatic N) is 2. The second-order valence-electron chi connectivity index (χ2n) is 4.95. The van der Waals surface area contributed by atoms with Gasteiger partial charge in [-0.15, -0.1) is 0 Å². The lowest BCUT2D eigenvalue weighted by atomic mass is 10.3. The number of hydrogen-bond donors (Lipinski definition) is 1. The zero-order valence-corrected chi connectivity index (χ0v) is 12.2. The Kier molecular flexibility index (Phi) is 3.92. The molecule has 0 saturated carbocycles. The summed E-state index contributed by atoms with van der Waals surface area (Å²) in [6.07, 6.45) is 3.65. The minimum absolute atomic E-state index is 0.102. The molecule has 0 aliphatic heterocycles. The molecule has 0 atom stereocenters. The Hall–Kier alpha value is -2.96. The van der Waals surface area contributed by atoms with Gasteiger partial charge in [-0.05, 0) is 31.2 Å². The van der Waals surface area contributed by atoms with Gasteiger partial charge >= 0.3 is 0 Å². The van der Waals surface area contributed by atoms with Crippen LogP contribution in [0, 0.1) is 18.6 Å². The normalized spacial score (nSPS) is 10.7. The van der Waals surface area contributed by atoms with E-state index in [4.69, 9.17) is 4.74 Å². The van der Waals surface area contributed by atoms with E-state index in [-0.39, 0.29) is 12.3 Å². The fourth-order valence-corrected chi connectivity index (χ4v) is 2.14. The molecule has 1 aromatic carbocycles. The molecule has 23 heavy (non-hydrogen) atoms. The number of benzene rings is 1. The van der Waals surface area contributed by atoms with Crippen LogP contribution in [0.5, 0.6) is 5.75 Å². The number of hydrogen-bond acceptors (Lipinski definition) is 3. The van der Waals surface area contributed by atoms with Crippen LogP contribution in [0.3, 0.4) is 0 Å². The number of rotatable bonds is 4. The number of amides is 1. The van der Waals surface area contributed by atoms with Crippen molar-refractivity contribution < 1.29 is 18.3 Å². The SMILES string of the molecule is Cc1cn2cccc(OCC(=O)Nc3ccc(F)cc3F)c2n1. The highest BCUT2D eigenvalue weighted by atomic mass is 19.1. The van der Waals surface area contributed by atoms with Gasteiger partial charge in [-0.25, -0.2) is 13.8 Å². The molecular weight excluding hydrogens is 304 g/mol. The Morgan fingerprint density at radius 1 is 1.35 bits per heavy atom. The molecule has 118 valence electrons. The molecule has 2 aromatic heterocycles. The summed E-state index contributed by atoms with van der Waals surface area (Å²) in [6, 6.07) is 6.37. The first-order valence-electron chi connectivity index (χ1n) is 6.85. The zero-order valence-electron chi connectivity index (χ0n) is 12.2. The van der Waals surface area contributed by atoms with E-state index in [0.29, 0.717) is 17.5 Å². The largest absolute Gasteiger partial charge is 0.480 e. The summed E-state index contributed by atoms with van der Waals surface area (Å²) in [7, 11) is 0. The smallest absolute Gasteiger partial charge is 0.262 e. The summed E-state index contributed by atoms with van der Waals surface area (Å²) in [6.45, 7) is 1.53. The lowest BCUT2D eigenvalue weighted by Gasteiger charge is -2.09. The highest BCUT2D eigenvalue weighted by molar-refractivity contribution is 5.92. The molecule has 0 fully saturated rings. The Morgan fingerprint density at radius 2 is 2.17 bits per heavy atom. The Bertz CT molecular complexity index is 877. The minimum atomic E-state index is -0.843. The Balaban J connectivity index is 1.68. The van der Waals surface area contributed by atoms with E-state index in [1.165, 1.54) is 0 Å². The zero-order chi connectivity index (χ0) is 16.4. The van der Waals surface area contributed by atoms with Crippen molar-refractivity contribution in [2.24, 2.45) is 0 Å². The van der Waals surface area contributed by atoms with Crippen LogP contribution < -0.4 is 10.1 Å². The second kappa shape index (κ2) is 6.04. The van der Waals surface area contributed by atoms with E-state index in [0.717, 1.165) is 17.8 Å². The maximum absolute atomic E-state index is 13.5. The predicted molar refractivity (Wildman–Crippen MR) is 80.4 cm³/mol. The standard InChI is InChI=1S/C16H13F2N3O2/c1-10-8-21-6-2-3-14(16(21)19-10)23-9-15(22)20-13-5-4-11(17)7-12(13)18/h2-8H,9H2,1H3,(H,20,22). The number of halogens is 2. The maximum atomic E-state index is 13.5. The fraction of sp³-hybridized carbons (Fsp3) is 0.125. The summed E-state index contributed by atoms with van der Waals surface area (Å²) >= 11 is 0. The molecule has 1 amide bonds. The summed E-state index contributed by atoms with van der Waals surface area (Å²) in [5, 5.41) is 2.33. The lowest BCUT2D eigenvalue weighted by Crippen LogP contribution is -2.21. The highest BCUT2D eigenvalue weighted by Gasteiger charge is 2.11. The number of fused-ring (bicyclic) bond motifs is 1. The maximum Gasteiger partial charge on any atom is 0.262 e. The van der Waals surface area contributed by atoms with Gasteiger partial charge < -0.3 is 14.5 Å². The van der Waals surface area contributed by atoms with Gasteiger partial charge in [-0.2, -0.15) is 0 Å². The van der Waals surface area contributed by atoms with Crippen LogP contribution in [0.2, 0.25) is 0 Å². The lowest BCUT2D eigenvalue weighted by molar-refractivity contribution is -0.118. The molecule has 0 unspecified atom stereocenters. The molecule has 3 aromatic rings. The molecule has 1 N–H and O–H groups in total. The number of ether oxygens (including phenoxy) is 1. The number of aryl methyl sites for hydroxylation is 1. The van der Waals surface area contributed by atoms with Crippen LogP contribution in [0.25, 0.3) is 5.65 Å². The summed E-state index contributed by atoms with van der Waals surface area (Å²) in [4.78, 5) is 16.1. The molecular formula is C16H13F2N3O2. The summed E-state index contributed by atoms with van der Waals surface area (Å²) in [5.74, 6) is -1.67. The van der Waals surface area contributed by atoms with E-state index in [1.807, 2.05) is 19.3 Å². The van der Waals surface area contributed by atoms with Crippen LogP contribution in [0.4, 0.5) is 14.5 Å². The van der Waals surface area contributed by atoms with Crippen molar-refractivity contribution >= 4 is 17.2 Å². The number of pyridine rings is 1. The molecule has 0 saturated heterocycles. The Labute approximate surface area is 130 Å². The average Bonchev–Trinajstić information content (AvgIpc) is 2.88. The third-order valence-corrected chi connectivity index (χ3v) is 3.13. The van der Waals surface area contributed by atoms with Crippen LogP contribution in [0.1, 0.15) is 5.69 Å².